The summed E-state index contributed by atoms with van der Waals surface area (Å²) in [6.45, 7) is 0. The average Bonchev–Trinajstić information content (AvgIpc) is 2.78. The van der Waals surface area contributed by atoms with E-state index >= 15 is 0 Å². The topological polar surface area (TPSA) is 72.0 Å². The summed E-state index contributed by atoms with van der Waals surface area (Å²) in [7, 11) is 0. The van der Waals surface area contributed by atoms with Crippen LogP contribution in [0.3, 0.4) is 0 Å². The quantitative estimate of drug-likeness (QED) is 0.855. The van der Waals surface area contributed by atoms with Gasteiger partial charge in [0.05, 0.1) is 5.52 Å². The summed E-state index contributed by atoms with van der Waals surface area (Å²) in [5.74, 6) is 0.148. The molecule has 4 nitrogen and oxygen atoms in total. The van der Waals surface area contributed by atoms with E-state index in [9.17, 15) is 4.79 Å². The van der Waals surface area contributed by atoms with Gasteiger partial charge < -0.3 is 10.2 Å². The second kappa shape index (κ2) is 4.61. The molecular weight excluding hydrogens is 228 g/mol. The summed E-state index contributed by atoms with van der Waals surface area (Å²) in [5, 5.41) is 0. The van der Waals surface area contributed by atoms with E-state index in [2.05, 4.69) is 4.98 Å². The van der Waals surface area contributed by atoms with Crippen LogP contribution in [0.1, 0.15) is 43.7 Å². The number of hydrogen-bond acceptors (Lipinski definition) is 3. The number of oxazole rings is 1. The minimum absolute atomic E-state index is 0.0508. The second-order valence-electron chi connectivity index (χ2n) is 5.19. The Balaban J connectivity index is 1.90. The number of benzene rings is 1. The molecule has 0 radical (unpaired) electrons. The first-order chi connectivity index (χ1) is 8.74. The van der Waals surface area contributed by atoms with Gasteiger partial charge in [-0.05, 0) is 36.5 Å². The lowest BCUT2D eigenvalue weighted by Crippen LogP contribution is -2.23. The van der Waals surface area contributed by atoms with Gasteiger partial charge in [0.2, 0.25) is 0 Å². The Morgan fingerprint density at radius 2 is 2.06 bits per heavy atom. The van der Waals surface area contributed by atoms with Crippen molar-refractivity contribution in [3.63, 3.8) is 0 Å². The van der Waals surface area contributed by atoms with Crippen LogP contribution in [0.2, 0.25) is 0 Å². The minimum Gasteiger partial charge on any atom is -0.408 e. The third kappa shape index (κ3) is 2.08. The monoisotopic (exact) mass is 246 g/mol. The number of H-pyrrole nitrogens is 1. The Kier molecular flexibility index (Phi) is 2.96. The Morgan fingerprint density at radius 1 is 1.28 bits per heavy atom. The molecule has 96 valence electrons. The van der Waals surface area contributed by atoms with Crippen LogP contribution in [0, 0.1) is 5.92 Å². The van der Waals surface area contributed by atoms with Crippen molar-refractivity contribution < 1.29 is 4.42 Å². The van der Waals surface area contributed by atoms with Crippen LogP contribution in [0.4, 0.5) is 0 Å². The summed E-state index contributed by atoms with van der Waals surface area (Å²) < 4.78 is 5.08. The molecule has 3 rings (SSSR count). The van der Waals surface area contributed by atoms with Gasteiger partial charge in [-0.3, -0.25) is 4.98 Å². The lowest BCUT2D eigenvalue weighted by atomic mass is 9.81. The molecule has 0 spiro atoms. The molecule has 1 aromatic heterocycles. The van der Waals surface area contributed by atoms with Crippen LogP contribution in [0.5, 0.6) is 0 Å². The first kappa shape index (κ1) is 11.5. The summed E-state index contributed by atoms with van der Waals surface area (Å²) >= 11 is 0. The van der Waals surface area contributed by atoms with Crippen LogP contribution in [-0.2, 0) is 0 Å². The number of aromatic nitrogens is 1. The van der Waals surface area contributed by atoms with Crippen molar-refractivity contribution in [2.24, 2.45) is 11.7 Å². The van der Waals surface area contributed by atoms with Crippen LogP contribution in [0.15, 0.2) is 27.4 Å². The van der Waals surface area contributed by atoms with Crippen molar-refractivity contribution in [1.29, 1.82) is 0 Å². The molecule has 1 heterocycles. The molecule has 18 heavy (non-hydrogen) atoms. The van der Waals surface area contributed by atoms with Crippen molar-refractivity contribution >= 4 is 11.1 Å². The molecule has 1 atom stereocenters. The fourth-order valence-electron chi connectivity index (χ4n) is 2.93. The van der Waals surface area contributed by atoms with Crippen LogP contribution >= 0.6 is 0 Å². The second-order valence-corrected chi connectivity index (χ2v) is 5.19. The number of rotatable bonds is 2. The number of nitrogens with one attached hydrogen (secondary N) is 1. The standard InChI is InChI=1S/C14H18N2O2/c15-13(9-4-2-1-3-5-9)10-6-7-11-12(8-10)18-14(17)16-11/h6-9,13H,1-5,15H2,(H,16,17). The molecule has 1 aliphatic rings. The summed E-state index contributed by atoms with van der Waals surface area (Å²) in [6.07, 6.45) is 6.29. The van der Waals surface area contributed by atoms with E-state index in [4.69, 9.17) is 10.2 Å². The molecule has 0 bridgehead atoms. The number of nitrogens with two attached hydrogens (primary N) is 1. The smallest absolute Gasteiger partial charge is 0.408 e. The molecule has 4 heteroatoms. The highest BCUT2D eigenvalue weighted by molar-refractivity contribution is 5.72. The Labute approximate surface area is 105 Å². The van der Waals surface area contributed by atoms with Gasteiger partial charge in [-0.2, -0.15) is 0 Å². The molecule has 0 saturated heterocycles. The number of hydrogen-bond donors (Lipinski definition) is 2. The maximum atomic E-state index is 11.1. The van der Waals surface area contributed by atoms with Crippen molar-refractivity contribution in [3.05, 3.63) is 34.3 Å². The summed E-state index contributed by atoms with van der Waals surface area (Å²) in [6, 6.07) is 5.81. The molecule has 1 aromatic carbocycles. The third-order valence-corrected chi connectivity index (χ3v) is 3.99. The van der Waals surface area contributed by atoms with E-state index in [1.807, 2.05) is 18.2 Å². The summed E-state index contributed by atoms with van der Waals surface area (Å²) in [5.41, 5.74) is 8.74. The minimum atomic E-state index is -0.409. The molecule has 3 N–H and O–H groups in total. The van der Waals surface area contributed by atoms with E-state index in [1.165, 1.54) is 32.1 Å². The van der Waals surface area contributed by atoms with Crippen LogP contribution in [-0.4, -0.2) is 4.98 Å². The highest BCUT2D eigenvalue weighted by atomic mass is 16.4. The Hall–Kier alpha value is -1.55. The van der Waals surface area contributed by atoms with Crippen molar-refractivity contribution in [3.8, 4) is 0 Å². The van der Waals surface area contributed by atoms with Gasteiger partial charge in [-0.1, -0.05) is 25.3 Å². The molecule has 1 saturated carbocycles. The predicted octanol–water partition coefficient (Wildman–Crippen LogP) is 2.70. The largest absolute Gasteiger partial charge is 0.417 e. The Morgan fingerprint density at radius 3 is 2.83 bits per heavy atom. The third-order valence-electron chi connectivity index (χ3n) is 3.99. The zero-order valence-electron chi connectivity index (χ0n) is 10.3. The van der Waals surface area contributed by atoms with E-state index in [0.29, 0.717) is 11.5 Å². The first-order valence-corrected chi connectivity index (χ1v) is 6.62. The van der Waals surface area contributed by atoms with Crippen LogP contribution in [0.25, 0.3) is 11.1 Å². The SMILES string of the molecule is NC(c1ccc2[nH]c(=O)oc2c1)C1CCCCC1. The van der Waals surface area contributed by atoms with Crippen molar-refractivity contribution in [2.45, 2.75) is 38.1 Å². The zero-order valence-corrected chi connectivity index (χ0v) is 10.3. The fourth-order valence-corrected chi connectivity index (χ4v) is 2.93. The lowest BCUT2D eigenvalue weighted by molar-refractivity contribution is 0.308. The summed E-state index contributed by atoms with van der Waals surface area (Å²) in [4.78, 5) is 13.8. The molecule has 2 aromatic rings. The zero-order chi connectivity index (χ0) is 12.5. The highest BCUT2D eigenvalue weighted by Crippen LogP contribution is 2.33. The van der Waals surface area contributed by atoms with Gasteiger partial charge in [0, 0.05) is 6.04 Å². The van der Waals surface area contributed by atoms with Gasteiger partial charge in [0.1, 0.15) is 0 Å². The molecule has 0 aliphatic heterocycles. The molecule has 1 fully saturated rings. The lowest BCUT2D eigenvalue weighted by Gasteiger charge is -2.27. The fraction of sp³-hybridized carbons (Fsp3) is 0.500. The number of aromatic amines is 1. The molecule has 1 aliphatic carbocycles. The number of fused-ring (bicyclic) bond motifs is 1. The van der Waals surface area contributed by atoms with Crippen molar-refractivity contribution in [1.82, 2.24) is 4.98 Å². The predicted molar refractivity (Wildman–Crippen MR) is 70.3 cm³/mol. The molecule has 1 unspecified atom stereocenters. The average molecular weight is 246 g/mol. The van der Waals surface area contributed by atoms with Gasteiger partial charge in [0.15, 0.2) is 5.58 Å². The normalized spacial score (nSPS) is 19.2. The van der Waals surface area contributed by atoms with Gasteiger partial charge in [-0.25, -0.2) is 4.79 Å². The highest BCUT2D eigenvalue weighted by Gasteiger charge is 2.22. The van der Waals surface area contributed by atoms with Gasteiger partial charge in [-0.15, -0.1) is 0 Å². The van der Waals surface area contributed by atoms with E-state index in [1.54, 1.807) is 0 Å². The van der Waals surface area contributed by atoms with E-state index in [0.717, 1.165) is 11.1 Å². The van der Waals surface area contributed by atoms with Gasteiger partial charge in [0.25, 0.3) is 0 Å². The van der Waals surface area contributed by atoms with Crippen molar-refractivity contribution in [2.75, 3.05) is 0 Å². The maximum Gasteiger partial charge on any atom is 0.417 e. The maximum absolute atomic E-state index is 11.1. The van der Waals surface area contributed by atoms with Gasteiger partial charge >= 0.3 is 5.76 Å². The Bertz CT molecular complexity index is 593. The molecule has 0 amide bonds. The van der Waals surface area contributed by atoms with E-state index < -0.39 is 5.76 Å². The first-order valence-electron chi connectivity index (χ1n) is 6.62. The van der Waals surface area contributed by atoms with Crippen LogP contribution < -0.4 is 11.5 Å². The molecular formula is C14H18N2O2. The van der Waals surface area contributed by atoms with E-state index in [-0.39, 0.29) is 6.04 Å².